The molecule has 2 fully saturated rings. The highest BCUT2D eigenvalue weighted by molar-refractivity contribution is 7.13. The molecule has 4 nitrogen and oxygen atoms in total. The fraction of sp³-hybridized carbons (Fsp3) is 0.520. The zero-order chi connectivity index (χ0) is 21.0. The van der Waals surface area contributed by atoms with Crippen molar-refractivity contribution in [3.8, 4) is 10.4 Å². The lowest BCUT2D eigenvalue weighted by atomic mass is 9.72. The van der Waals surface area contributed by atoms with E-state index < -0.39 is 0 Å². The number of piperidine rings is 1. The van der Waals surface area contributed by atoms with Crippen LogP contribution in [0.1, 0.15) is 51.0 Å². The topological polar surface area (TPSA) is 40.6 Å². The molecule has 0 spiro atoms. The third-order valence-electron chi connectivity index (χ3n) is 6.69. The summed E-state index contributed by atoms with van der Waals surface area (Å²) in [5.74, 6) is 0.546. The maximum Gasteiger partial charge on any atom is 0.229 e. The highest BCUT2D eigenvalue weighted by atomic mass is 32.1. The van der Waals surface area contributed by atoms with E-state index in [-0.39, 0.29) is 11.3 Å². The van der Waals surface area contributed by atoms with Crippen molar-refractivity contribution in [1.29, 1.82) is 0 Å². The van der Waals surface area contributed by atoms with Crippen molar-refractivity contribution in [2.24, 2.45) is 5.41 Å². The van der Waals surface area contributed by atoms with Crippen LogP contribution < -0.4 is 0 Å². The van der Waals surface area contributed by atoms with E-state index in [1.54, 1.807) is 11.3 Å². The molecule has 2 aromatic rings. The number of benzene rings is 1. The van der Waals surface area contributed by atoms with E-state index in [9.17, 15) is 9.59 Å². The van der Waals surface area contributed by atoms with E-state index in [1.165, 1.54) is 16.0 Å². The molecule has 4 rings (SSSR count). The maximum absolute atomic E-state index is 13.6. The third-order valence-corrected chi connectivity index (χ3v) is 7.61. The van der Waals surface area contributed by atoms with Crippen molar-refractivity contribution < 1.29 is 9.59 Å². The minimum Gasteiger partial charge on any atom is -0.343 e. The molecule has 5 heteroatoms. The van der Waals surface area contributed by atoms with Gasteiger partial charge in [-0.05, 0) is 61.1 Å². The van der Waals surface area contributed by atoms with Gasteiger partial charge in [-0.25, -0.2) is 0 Å². The first-order valence-electron chi connectivity index (χ1n) is 11.3. The van der Waals surface area contributed by atoms with Gasteiger partial charge >= 0.3 is 0 Å². The molecule has 0 N–H and O–H groups in total. The van der Waals surface area contributed by atoms with E-state index in [1.807, 2.05) is 11.8 Å². The molecule has 1 aromatic carbocycles. The van der Waals surface area contributed by atoms with Gasteiger partial charge in [0, 0.05) is 37.5 Å². The van der Waals surface area contributed by atoms with Gasteiger partial charge in [0.1, 0.15) is 0 Å². The monoisotopic (exact) mass is 424 g/mol. The largest absolute Gasteiger partial charge is 0.343 e. The normalized spacial score (nSPS) is 18.6. The molecule has 0 saturated carbocycles. The third kappa shape index (κ3) is 4.46. The minimum atomic E-state index is -0.377. The molecule has 2 amide bonds. The van der Waals surface area contributed by atoms with Crippen molar-refractivity contribution in [1.82, 2.24) is 9.80 Å². The lowest BCUT2D eigenvalue weighted by Crippen LogP contribution is -2.51. The minimum absolute atomic E-state index is 0.236. The average Bonchev–Trinajstić information content (AvgIpc) is 3.49. The van der Waals surface area contributed by atoms with E-state index in [0.717, 1.165) is 51.6 Å². The Kier molecular flexibility index (Phi) is 6.57. The van der Waals surface area contributed by atoms with Gasteiger partial charge in [-0.15, -0.1) is 11.3 Å². The quantitative estimate of drug-likeness (QED) is 0.655. The highest BCUT2D eigenvalue weighted by Crippen LogP contribution is 2.39. The summed E-state index contributed by atoms with van der Waals surface area (Å²) in [7, 11) is 0. The summed E-state index contributed by atoms with van der Waals surface area (Å²) in [6, 6.07) is 12.9. The Hall–Kier alpha value is -2.14. The van der Waals surface area contributed by atoms with Gasteiger partial charge in [0.25, 0.3) is 0 Å². The summed E-state index contributed by atoms with van der Waals surface area (Å²) < 4.78 is 0. The predicted octanol–water partition coefficient (Wildman–Crippen LogP) is 4.99. The van der Waals surface area contributed by atoms with Crippen LogP contribution in [0.25, 0.3) is 10.4 Å². The highest BCUT2D eigenvalue weighted by Gasteiger charge is 2.44. The zero-order valence-corrected chi connectivity index (χ0v) is 18.8. The number of hydrogen-bond donors (Lipinski definition) is 0. The van der Waals surface area contributed by atoms with Gasteiger partial charge in [0.05, 0.1) is 5.41 Å². The predicted molar refractivity (Wildman–Crippen MR) is 122 cm³/mol. The molecule has 0 aliphatic carbocycles. The average molecular weight is 425 g/mol. The van der Waals surface area contributed by atoms with E-state index in [4.69, 9.17) is 0 Å². The molecule has 3 heterocycles. The SMILES string of the molecule is CCCC(=O)N1CCC(Cc2ccc(-c3cccs3)cc2)(C(=O)N2CCCC2)CC1. The van der Waals surface area contributed by atoms with E-state index >= 15 is 0 Å². The Balaban J connectivity index is 1.52. The fourth-order valence-corrected chi connectivity index (χ4v) is 5.63. The molecular weight excluding hydrogens is 392 g/mol. The summed E-state index contributed by atoms with van der Waals surface area (Å²) in [5.41, 5.74) is 2.07. The Bertz CT molecular complexity index is 846. The van der Waals surface area contributed by atoms with Crippen molar-refractivity contribution in [3.63, 3.8) is 0 Å². The molecule has 0 unspecified atom stereocenters. The molecular formula is C25H32N2O2S. The molecule has 30 heavy (non-hydrogen) atoms. The van der Waals surface area contributed by atoms with Crippen LogP contribution in [0.15, 0.2) is 41.8 Å². The number of carbonyl (C=O) groups is 2. The van der Waals surface area contributed by atoms with Crippen molar-refractivity contribution in [3.05, 3.63) is 47.3 Å². The van der Waals surface area contributed by atoms with Crippen molar-refractivity contribution in [2.45, 2.75) is 51.9 Å². The second-order valence-corrected chi connectivity index (χ2v) is 9.71. The summed E-state index contributed by atoms with van der Waals surface area (Å²) >= 11 is 1.75. The lowest BCUT2D eigenvalue weighted by molar-refractivity contribution is -0.147. The van der Waals surface area contributed by atoms with Crippen LogP contribution in [0.3, 0.4) is 0 Å². The second-order valence-electron chi connectivity index (χ2n) is 8.76. The van der Waals surface area contributed by atoms with Gasteiger partial charge in [-0.3, -0.25) is 9.59 Å². The zero-order valence-electron chi connectivity index (χ0n) is 17.9. The summed E-state index contributed by atoms with van der Waals surface area (Å²) in [4.78, 5) is 31.3. The summed E-state index contributed by atoms with van der Waals surface area (Å²) in [5, 5.41) is 2.10. The molecule has 2 saturated heterocycles. The number of likely N-dealkylation sites (tertiary alicyclic amines) is 2. The molecule has 1 aromatic heterocycles. The summed E-state index contributed by atoms with van der Waals surface area (Å²) in [6.07, 6.45) is 6.01. The number of amides is 2. The van der Waals surface area contributed by atoms with Crippen LogP contribution in [0, 0.1) is 5.41 Å². The van der Waals surface area contributed by atoms with Crippen LogP contribution in [0.5, 0.6) is 0 Å². The van der Waals surface area contributed by atoms with Crippen LogP contribution in [0.2, 0.25) is 0 Å². The molecule has 160 valence electrons. The molecule has 0 atom stereocenters. The first-order valence-corrected chi connectivity index (χ1v) is 12.2. The Morgan fingerprint density at radius 2 is 1.67 bits per heavy atom. The second kappa shape index (κ2) is 9.34. The Morgan fingerprint density at radius 1 is 0.967 bits per heavy atom. The smallest absolute Gasteiger partial charge is 0.229 e. The molecule has 0 bridgehead atoms. The van der Waals surface area contributed by atoms with Gasteiger partial charge in [-0.1, -0.05) is 37.3 Å². The first-order chi connectivity index (χ1) is 14.6. The first kappa shape index (κ1) is 21.1. The van der Waals surface area contributed by atoms with Crippen LogP contribution in [-0.2, 0) is 16.0 Å². The van der Waals surface area contributed by atoms with Gasteiger partial charge < -0.3 is 9.80 Å². The van der Waals surface area contributed by atoms with Crippen LogP contribution in [-0.4, -0.2) is 47.8 Å². The van der Waals surface area contributed by atoms with Crippen LogP contribution in [0.4, 0.5) is 0 Å². The van der Waals surface area contributed by atoms with Gasteiger partial charge in [0.15, 0.2) is 0 Å². The van der Waals surface area contributed by atoms with Gasteiger partial charge in [-0.2, -0.15) is 0 Å². The number of hydrogen-bond acceptors (Lipinski definition) is 3. The number of carbonyl (C=O) groups excluding carboxylic acids is 2. The Labute approximate surface area is 183 Å². The van der Waals surface area contributed by atoms with Crippen molar-refractivity contribution >= 4 is 23.2 Å². The number of thiophene rings is 1. The van der Waals surface area contributed by atoms with Gasteiger partial charge in [0.2, 0.25) is 11.8 Å². The fourth-order valence-electron chi connectivity index (χ4n) is 4.90. The van der Waals surface area contributed by atoms with E-state index in [0.29, 0.717) is 25.4 Å². The molecule has 0 radical (unpaired) electrons. The van der Waals surface area contributed by atoms with Crippen molar-refractivity contribution in [2.75, 3.05) is 26.2 Å². The number of nitrogens with zero attached hydrogens (tertiary/aromatic N) is 2. The maximum atomic E-state index is 13.6. The number of rotatable bonds is 6. The summed E-state index contributed by atoms with van der Waals surface area (Å²) in [6.45, 7) is 5.22. The van der Waals surface area contributed by atoms with E-state index in [2.05, 4.69) is 46.7 Å². The Morgan fingerprint density at radius 3 is 2.27 bits per heavy atom. The molecule has 2 aliphatic heterocycles. The molecule has 2 aliphatic rings. The lowest BCUT2D eigenvalue weighted by Gasteiger charge is -2.42. The standard InChI is InChI=1S/C25H32N2O2S/c1-2-6-23(28)26-16-12-25(13-17-26,24(29)27-14-3-4-15-27)19-20-8-10-21(11-9-20)22-7-5-18-30-22/h5,7-11,18H,2-4,6,12-17,19H2,1H3. The van der Waals surface area contributed by atoms with Crippen LogP contribution >= 0.6 is 11.3 Å².